The van der Waals surface area contributed by atoms with Gasteiger partial charge < -0.3 is 9.47 Å². The number of methoxy groups -OCH3 is 1. The Balaban J connectivity index is 3.34. The summed E-state index contributed by atoms with van der Waals surface area (Å²) in [5.41, 5.74) is 0.403. The van der Waals surface area contributed by atoms with E-state index in [1.54, 1.807) is 6.92 Å². The average Bonchev–Trinajstić information content (AvgIpc) is 2.37. The summed E-state index contributed by atoms with van der Waals surface area (Å²) in [6.07, 6.45) is 0.564. The van der Waals surface area contributed by atoms with Crippen molar-refractivity contribution in [2.75, 3.05) is 13.7 Å². The van der Waals surface area contributed by atoms with Crippen molar-refractivity contribution in [3.8, 4) is 11.8 Å². The fourth-order valence-electron chi connectivity index (χ4n) is 1.34. The van der Waals surface area contributed by atoms with E-state index >= 15 is 0 Å². The van der Waals surface area contributed by atoms with Gasteiger partial charge >= 0.3 is 5.97 Å². The number of nitrogens with zero attached hydrogens (tertiary/aromatic N) is 1. The van der Waals surface area contributed by atoms with Crippen LogP contribution in [0.5, 0.6) is 5.75 Å². The molecule has 1 aromatic rings. The Morgan fingerprint density at radius 1 is 1.53 bits per heavy atom. The lowest BCUT2D eigenvalue weighted by atomic mass is 10.0. The standard InChI is InChI=1S/C12H11NO4/c1-3-17-12(15)10-5-11(16-2)9(7-14)4-8(10)6-13/h4-5,7H,3H2,1-2H3. The summed E-state index contributed by atoms with van der Waals surface area (Å²) in [5.74, 6) is -0.373. The highest BCUT2D eigenvalue weighted by molar-refractivity contribution is 5.94. The second kappa shape index (κ2) is 5.66. The van der Waals surface area contributed by atoms with Crippen molar-refractivity contribution in [1.82, 2.24) is 0 Å². The predicted molar refractivity (Wildman–Crippen MR) is 59.1 cm³/mol. The molecule has 5 heteroatoms. The Labute approximate surface area is 98.6 Å². The van der Waals surface area contributed by atoms with E-state index in [2.05, 4.69) is 0 Å². The molecule has 5 nitrogen and oxygen atoms in total. The van der Waals surface area contributed by atoms with Crippen molar-refractivity contribution in [3.05, 3.63) is 28.8 Å². The lowest BCUT2D eigenvalue weighted by Crippen LogP contribution is -2.08. The third kappa shape index (κ3) is 2.61. The van der Waals surface area contributed by atoms with Crippen molar-refractivity contribution < 1.29 is 19.1 Å². The Morgan fingerprint density at radius 3 is 2.71 bits per heavy atom. The van der Waals surface area contributed by atoms with Crippen molar-refractivity contribution in [3.63, 3.8) is 0 Å². The van der Waals surface area contributed by atoms with Crippen LogP contribution in [0.2, 0.25) is 0 Å². The summed E-state index contributed by atoms with van der Waals surface area (Å²) >= 11 is 0. The number of nitriles is 1. The molecule has 0 bridgehead atoms. The van der Waals surface area contributed by atoms with Crippen LogP contribution in [0.15, 0.2) is 12.1 Å². The van der Waals surface area contributed by atoms with Crippen molar-refractivity contribution in [1.29, 1.82) is 5.26 Å². The van der Waals surface area contributed by atoms with Crippen LogP contribution in [0.1, 0.15) is 33.2 Å². The summed E-state index contributed by atoms with van der Waals surface area (Å²) in [6, 6.07) is 4.48. The van der Waals surface area contributed by atoms with Gasteiger partial charge in [-0.1, -0.05) is 0 Å². The van der Waals surface area contributed by atoms with Gasteiger partial charge in [-0.25, -0.2) is 4.79 Å². The van der Waals surface area contributed by atoms with Crippen molar-refractivity contribution in [2.45, 2.75) is 6.92 Å². The van der Waals surface area contributed by atoms with Gasteiger partial charge in [0.05, 0.1) is 30.4 Å². The smallest absolute Gasteiger partial charge is 0.339 e. The number of carbonyl (C=O) groups is 2. The average molecular weight is 233 g/mol. The largest absolute Gasteiger partial charge is 0.496 e. The van der Waals surface area contributed by atoms with Crippen LogP contribution in [-0.4, -0.2) is 26.0 Å². The number of aldehydes is 1. The minimum atomic E-state index is -0.611. The van der Waals surface area contributed by atoms with Gasteiger partial charge in [0.25, 0.3) is 0 Å². The quantitative estimate of drug-likeness (QED) is 0.582. The molecule has 1 rings (SSSR count). The monoisotopic (exact) mass is 233 g/mol. The number of carbonyl (C=O) groups excluding carboxylic acids is 2. The molecular formula is C12H11NO4. The fourth-order valence-corrected chi connectivity index (χ4v) is 1.34. The predicted octanol–water partition coefficient (Wildman–Crippen LogP) is 1.56. The first kappa shape index (κ1) is 12.7. The summed E-state index contributed by atoms with van der Waals surface area (Å²) in [7, 11) is 1.38. The highest BCUT2D eigenvalue weighted by atomic mass is 16.5. The van der Waals surface area contributed by atoms with Gasteiger partial charge in [-0.2, -0.15) is 5.26 Å². The fraction of sp³-hybridized carbons (Fsp3) is 0.250. The SMILES string of the molecule is CCOC(=O)c1cc(OC)c(C=O)cc1C#N. The van der Waals surface area contributed by atoms with E-state index in [0.717, 1.165) is 0 Å². The summed E-state index contributed by atoms with van der Waals surface area (Å²) in [4.78, 5) is 22.3. The molecule has 0 unspecified atom stereocenters. The molecule has 0 N–H and O–H groups in total. The van der Waals surface area contributed by atoms with Crippen molar-refractivity contribution in [2.24, 2.45) is 0 Å². The zero-order valence-corrected chi connectivity index (χ0v) is 9.52. The molecule has 0 heterocycles. The first-order valence-corrected chi connectivity index (χ1v) is 4.92. The third-order valence-corrected chi connectivity index (χ3v) is 2.11. The molecule has 88 valence electrons. The van der Waals surface area contributed by atoms with E-state index < -0.39 is 5.97 Å². The Kier molecular flexibility index (Phi) is 4.23. The second-order valence-electron chi connectivity index (χ2n) is 3.09. The van der Waals surface area contributed by atoms with E-state index in [1.165, 1.54) is 19.2 Å². The first-order valence-electron chi connectivity index (χ1n) is 4.92. The van der Waals surface area contributed by atoms with Gasteiger partial charge in [0.2, 0.25) is 0 Å². The molecule has 0 spiro atoms. The van der Waals surface area contributed by atoms with Crippen LogP contribution in [-0.2, 0) is 4.74 Å². The first-order chi connectivity index (χ1) is 8.17. The molecule has 1 aromatic carbocycles. The Morgan fingerprint density at radius 2 is 2.24 bits per heavy atom. The van der Waals surface area contributed by atoms with Gasteiger partial charge in [-0.3, -0.25) is 4.79 Å². The van der Waals surface area contributed by atoms with Crippen LogP contribution >= 0.6 is 0 Å². The van der Waals surface area contributed by atoms with Gasteiger partial charge in [0.15, 0.2) is 6.29 Å². The van der Waals surface area contributed by atoms with Crippen LogP contribution in [0.3, 0.4) is 0 Å². The van der Waals surface area contributed by atoms with Crippen LogP contribution in [0.4, 0.5) is 0 Å². The molecule has 0 aliphatic carbocycles. The van der Waals surface area contributed by atoms with Gasteiger partial charge in [-0.05, 0) is 19.1 Å². The van der Waals surface area contributed by atoms with Gasteiger partial charge in [0.1, 0.15) is 11.8 Å². The highest BCUT2D eigenvalue weighted by Crippen LogP contribution is 2.22. The molecule has 0 atom stereocenters. The third-order valence-electron chi connectivity index (χ3n) is 2.11. The topological polar surface area (TPSA) is 76.4 Å². The van der Waals surface area contributed by atoms with Crippen LogP contribution in [0.25, 0.3) is 0 Å². The lowest BCUT2D eigenvalue weighted by molar-refractivity contribution is 0.0525. The number of esters is 1. The number of hydrogen-bond acceptors (Lipinski definition) is 5. The molecule has 0 aromatic heterocycles. The van der Waals surface area contributed by atoms with E-state index in [4.69, 9.17) is 14.7 Å². The van der Waals surface area contributed by atoms with Gasteiger partial charge in [-0.15, -0.1) is 0 Å². The minimum Gasteiger partial charge on any atom is -0.496 e. The minimum absolute atomic E-state index is 0.0892. The van der Waals surface area contributed by atoms with Gasteiger partial charge in [0, 0.05) is 0 Å². The van der Waals surface area contributed by atoms with Crippen LogP contribution < -0.4 is 4.74 Å². The summed E-state index contributed by atoms with van der Waals surface area (Å²) in [6.45, 7) is 1.88. The molecule has 0 aliphatic heterocycles. The van der Waals surface area contributed by atoms with E-state index in [0.29, 0.717) is 6.29 Å². The maximum atomic E-state index is 11.6. The zero-order chi connectivity index (χ0) is 12.8. The second-order valence-corrected chi connectivity index (χ2v) is 3.09. The number of hydrogen-bond donors (Lipinski definition) is 0. The zero-order valence-electron chi connectivity index (χ0n) is 9.52. The Hall–Kier alpha value is -2.35. The normalized spacial score (nSPS) is 9.24. The maximum absolute atomic E-state index is 11.6. The number of ether oxygens (including phenoxy) is 2. The van der Waals surface area contributed by atoms with E-state index in [-0.39, 0.29) is 29.0 Å². The lowest BCUT2D eigenvalue weighted by Gasteiger charge is -2.08. The maximum Gasteiger partial charge on any atom is 0.339 e. The molecule has 0 saturated carbocycles. The molecule has 0 fully saturated rings. The van der Waals surface area contributed by atoms with E-state index in [1.807, 2.05) is 6.07 Å². The highest BCUT2D eigenvalue weighted by Gasteiger charge is 2.16. The molecule has 17 heavy (non-hydrogen) atoms. The van der Waals surface area contributed by atoms with E-state index in [9.17, 15) is 9.59 Å². The molecular weight excluding hydrogens is 222 g/mol. The van der Waals surface area contributed by atoms with Crippen molar-refractivity contribution >= 4 is 12.3 Å². The Bertz CT molecular complexity index is 488. The molecule has 0 radical (unpaired) electrons. The van der Waals surface area contributed by atoms with Crippen LogP contribution in [0, 0.1) is 11.3 Å². The molecule has 0 saturated heterocycles. The number of benzene rings is 1. The summed E-state index contributed by atoms with van der Waals surface area (Å²) < 4.78 is 9.77. The molecule has 0 amide bonds. The molecule has 0 aliphatic rings. The summed E-state index contributed by atoms with van der Waals surface area (Å²) in [5, 5.41) is 8.90. The number of rotatable bonds is 4.